The molecule has 27 heavy (non-hydrogen) atoms. The van der Waals surface area contributed by atoms with Crippen molar-refractivity contribution in [2.24, 2.45) is 5.92 Å². The Morgan fingerprint density at radius 3 is 2.19 bits per heavy atom. The Morgan fingerprint density at radius 1 is 1.15 bits per heavy atom. The molecule has 2 N–H and O–H groups in total. The van der Waals surface area contributed by atoms with E-state index < -0.39 is 16.1 Å². The summed E-state index contributed by atoms with van der Waals surface area (Å²) >= 11 is 5.80. The summed E-state index contributed by atoms with van der Waals surface area (Å²) in [6.07, 6.45) is 1.31. The largest absolute Gasteiger partial charge is 0.352 e. The van der Waals surface area contributed by atoms with Crippen LogP contribution >= 0.6 is 11.6 Å². The van der Waals surface area contributed by atoms with E-state index in [9.17, 15) is 18.0 Å². The van der Waals surface area contributed by atoms with Gasteiger partial charge in [0, 0.05) is 31.1 Å². The second kappa shape index (κ2) is 9.03. The van der Waals surface area contributed by atoms with Crippen LogP contribution in [-0.4, -0.2) is 50.3 Å². The van der Waals surface area contributed by atoms with Gasteiger partial charge in [0.2, 0.25) is 21.8 Å². The van der Waals surface area contributed by atoms with Gasteiger partial charge in [-0.2, -0.15) is 4.72 Å². The molecule has 1 aromatic carbocycles. The Morgan fingerprint density at radius 2 is 1.70 bits per heavy atom. The minimum Gasteiger partial charge on any atom is -0.352 e. The van der Waals surface area contributed by atoms with Crippen molar-refractivity contribution in [2.45, 2.75) is 50.6 Å². The predicted molar refractivity (Wildman–Crippen MR) is 104 cm³/mol. The zero-order valence-electron chi connectivity index (χ0n) is 15.7. The normalized spacial score (nSPS) is 17.0. The fourth-order valence-corrected chi connectivity index (χ4v) is 4.44. The van der Waals surface area contributed by atoms with Crippen LogP contribution in [0.2, 0.25) is 5.02 Å². The van der Waals surface area contributed by atoms with E-state index in [0.29, 0.717) is 31.0 Å². The third-order valence-electron chi connectivity index (χ3n) is 4.64. The van der Waals surface area contributed by atoms with Crippen molar-refractivity contribution in [3.8, 4) is 0 Å². The van der Waals surface area contributed by atoms with E-state index in [2.05, 4.69) is 10.0 Å². The van der Waals surface area contributed by atoms with E-state index in [1.165, 1.54) is 31.2 Å². The van der Waals surface area contributed by atoms with Crippen molar-refractivity contribution in [3.05, 3.63) is 29.3 Å². The lowest BCUT2D eigenvalue weighted by Crippen LogP contribution is -2.54. The van der Waals surface area contributed by atoms with Gasteiger partial charge in [0.05, 0.1) is 4.90 Å². The molecule has 2 amide bonds. The van der Waals surface area contributed by atoms with E-state index in [0.717, 1.165) is 0 Å². The Kier molecular flexibility index (Phi) is 7.25. The highest BCUT2D eigenvalue weighted by atomic mass is 35.5. The van der Waals surface area contributed by atoms with Crippen molar-refractivity contribution in [1.82, 2.24) is 14.9 Å². The standard InChI is InChI=1S/C18H26ClN3O4S/c1-12(2)17(21-27(25,26)16-6-4-14(19)5-7-16)18(24)20-15-8-10-22(11-9-15)13(3)23/h4-7,12,15,17,21H,8-11H2,1-3H3,(H,20,24)/t17-/m1/s1. The van der Waals surface area contributed by atoms with Crippen LogP contribution in [0.3, 0.4) is 0 Å². The molecule has 1 heterocycles. The number of carbonyl (C=O) groups is 2. The average molecular weight is 416 g/mol. The number of piperidine rings is 1. The van der Waals surface area contributed by atoms with Crippen LogP contribution in [0.15, 0.2) is 29.2 Å². The van der Waals surface area contributed by atoms with E-state index in [-0.39, 0.29) is 28.7 Å². The molecular formula is C18H26ClN3O4S. The molecule has 0 spiro atoms. The van der Waals surface area contributed by atoms with Crippen LogP contribution in [0, 0.1) is 5.92 Å². The minimum absolute atomic E-state index is 0.0237. The van der Waals surface area contributed by atoms with Gasteiger partial charge in [-0.1, -0.05) is 25.4 Å². The molecule has 1 atom stereocenters. The Hall–Kier alpha value is -1.64. The van der Waals surface area contributed by atoms with Crippen molar-refractivity contribution >= 4 is 33.4 Å². The van der Waals surface area contributed by atoms with E-state index in [1.54, 1.807) is 18.7 Å². The topological polar surface area (TPSA) is 95.6 Å². The fourth-order valence-electron chi connectivity index (χ4n) is 2.97. The lowest BCUT2D eigenvalue weighted by molar-refractivity contribution is -0.130. The lowest BCUT2D eigenvalue weighted by Gasteiger charge is -2.33. The second-order valence-electron chi connectivity index (χ2n) is 7.09. The quantitative estimate of drug-likeness (QED) is 0.740. The number of amides is 2. The molecule has 1 aromatic rings. The van der Waals surface area contributed by atoms with Crippen molar-refractivity contribution in [2.75, 3.05) is 13.1 Å². The Bertz CT molecular complexity index is 772. The first-order chi connectivity index (χ1) is 12.6. The number of likely N-dealkylation sites (tertiary alicyclic amines) is 1. The maximum absolute atomic E-state index is 12.7. The molecule has 1 aliphatic rings. The number of carbonyl (C=O) groups excluding carboxylic acids is 2. The maximum atomic E-state index is 12.7. The fraction of sp³-hybridized carbons (Fsp3) is 0.556. The third kappa shape index (κ3) is 5.92. The van der Waals surface area contributed by atoms with Crippen molar-refractivity contribution in [3.63, 3.8) is 0 Å². The van der Waals surface area contributed by atoms with Crippen LogP contribution in [0.25, 0.3) is 0 Å². The van der Waals surface area contributed by atoms with Gasteiger partial charge in [-0.25, -0.2) is 8.42 Å². The first-order valence-electron chi connectivity index (χ1n) is 8.94. The Labute approximate surface area is 165 Å². The van der Waals surface area contributed by atoms with Gasteiger partial charge in [0.1, 0.15) is 6.04 Å². The number of rotatable bonds is 6. The molecular weight excluding hydrogens is 390 g/mol. The first-order valence-corrected chi connectivity index (χ1v) is 10.8. The summed E-state index contributed by atoms with van der Waals surface area (Å²) in [5.41, 5.74) is 0. The molecule has 0 aromatic heterocycles. The number of benzene rings is 1. The van der Waals surface area contributed by atoms with E-state index in [4.69, 9.17) is 11.6 Å². The summed E-state index contributed by atoms with van der Waals surface area (Å²) in [5, 5.41) is 3.35. The average Bonchev–Trinajstić information content (AvgIpc) is 2.60. The van der Waals surface area contributed by atoms with Crippen molar-refractivity contribution in [1.29, 1.82) is 0 Å². The Balaban J connectivity index is 2.03. The smallest absolute Gasteiger partial charge is 0.241 e. The molecule has 7 nitrogen and oxygen atoms in total. The molecule has 1 saturated heterocycles. The minimum atomic E-state index is -3.85. The number of hydrogen-bond donors (Lipinski definition) is 2. The number of nitrogens with one attached hydrogen (secondary N) is 2. The molecule has 0 aliphatic carbocycles. The summed E-state index contributed by atoms with van der Waals surface area (Å²) < 4.78 is 27.7. The monoisotopic (exact) mass is 415 g/mol. The number of nitrogens with zero attached hydrogens (tertiary/aromatic N) is 1. The van der Waals surface area contributed by atoms with Crippen LogP contribution in [0.4, 0.5) is 0 Å². The molecule has 9 heteroatoms. The number of hydrogen-bond acceptors (Lipinski definition) is 4. The lowest BCUT2D eigenvalue weighted by atomic mass is 10.0. The second-order valence-corrected chi connectivity index (χ2v) is 9.24. The van der Waals surface area contributed by atoms with E-state index >= 15 is 0 Å². The summed E-state index contributed by atoms with van der Waals surface area (Å²) in [4.78, 5) is 25.9. The summed E-state index contributed by atoms with van der Waals surface area (Å²) in [7, 11) is -3.85. The van der Waals surface area contributed by atoms with Gasteiger partial charge >= 0.3 is 0 Å². The SMILES string of the molecule is CC(=O)N1CCC(NC(=O)[C@H](NS(=O)(=O)c2ccc(Cl)cc2)C(C)C)CC1. The molecule has 1 fully saturated rings. The van der Waals surface area contributed by atoms with E-state index in [1.807, 2.05) is 0 Å². The van der Waals surface area contributed by atoms with Crippen LogP contribution in [-0.2, 0) is 19.6 Å². The molecule has 0 radical (unpaired) electrons. The highest BCUT2D eigenvalue weighted by molar-refractivity contribution is 7.89. The van der Waals surface area contributed by atoms with Crippen LogP contribution in [0.5, 0.6) is 0 Å². The molecule has 0 saturated carbocycles. The summed E-state index contributed by atoms with van der Waals surface area (Å²) in [6.45, 7) is 6.27. The first kappa shape index (κ1) is 21.7. The van der Waals surface area contributed by atoms with Crippen LogP contribution < -0.4 is 10.0 Å². The molecule has 1 aliphatic heterocycles. The zero-order chi connectivity index (χ0) is 20.2. The van der Waals surface area contributed by atoms with Gasteiger partial charge < -0.3 is 10.2 Å². The van der Waals surface area contributed by atoms with Gasteiger partial charge in [0.25, 0.3) is 0 Å². The summed E-state index contributed by atoms with van der Waals surface area (Å²) in [5.74, 6) is -0.566. The highest BCUT2D eigenvalue weighted by Crippen LogP contribution is 2.16. The predicted octanol–water partition coefficient (Wildman–Crippen LogP) is 1.77. The van der Waals surface area contributed by atoms with Crippen molar-refractivity contribution < 1.29 is 18.0 Å². The molecule has 2 rings (SSSR count). The number of sulfonamides is 1. The highest BCUT2D eigenvalue weighted by Gasteiger charge is 2.30. The van der Waals surface area contributed by atoms with Gasteiger partial charge in [-0.05, 0) is 43.0 Å². The molecule has 0 bridgehead atoms. The summed E-state index contributed by atoms with van der Waals surface area (Å²) in [6, 6.07) is 4.81. The van der Waals surface area contributed by atoms with Gasteiger partial charge in [-0.15, -0.1) is 0 Å². The zero-order valence-corrected chi connectivity index (χ0v) is 17.3. The van der Waals surface area contributed by atoms with Crippen LogP contribution in [0.1, 0.15) is 33.6 Å². The molecule has 150 valence electrons. The van der Waals surface area contributed by atoms with Gasteiger partial charge in [-0.3, -0.25) is 9.59 Å². The number of halogens is 1. The van der Waals surface area contributed by atoms with Gasteiger partial charge in [0.15, 0.2) is 0 Å². The maximum Gasteiger partial charge on any atom is 0.241 e. The molecule has 0 unspecified atom stereocenters. The third-order valence-corrected chi connectivity index (χ3v) is 6.35.